The molecule has 86 valence electrons. The third-order valence-corrected chi connectivity index (χ3v) is 2.19. The number of carbonyl (C=O) groups is 1. The van der Waals surface area contributed by atoms with Crippen LogP contribution in [0.1, 0.15) is 17.4 Å². The van der Waals surface area contributed by atoms with E-state index in [0.717, 1.165) is 5.56 Å². The molecule has 0 aliphatic rings. The zero-order chi connectivity index (χ0) is 12.1. The summed E-state index contributed by atoms with van der Waals surface area (Å²) in [5, 5.41) is 10.9. The average molecular weight is 229 g/mol. The van der Waals surface area contributed by atoms with E-state index in [0.29, 0.717) is 12.2 Å². The highest BCUT2D eigenvalue weighted by Crippen LogP contribution is 2.20. The van der Waals surface area contributed by atoms with Crippen molar-refractivity contribution < 1.29 is 9.53 Å². The van der Waals surface area contributed by atoms with Gasteiger partial charge in [0.25, 0.3) is 0 Å². The quantitative estimate of drug-likeness (QED) is 0.750. The molecule has 0 aliphatic heterocycles. The Morgan fingerprint density at radius 3 is 2.76 bits per heavy atom. The summed E-state index contributed by atoms with van der Waals surface area (Å²) in [4.78, 5) is 11.7. The molecule has 0 saturated heterocycles. The van der Waals surface area contributed by atoms with Gasteiger partial charge in [-0.05, 0) is 17.7 Å². The maximum absolute atomic E-state index is 11.7. The van der Waals surface area contributed by atoms with Gasteiger partial charge < -0.3 is 4.74 Å². The van der Waals surface area contributed by atoms with Crippen molar-refractivity contribution in [2.24, 2.45) is 0 Å². The van der Waals surface area contributed by atoms with Crippen molar-refractivity contribution in [1.82, 2.24) is 15.4 Å². The zero-order valence-electron chi connectivity index (χ0n) is 9.33. The predicted octanol–water partition coefficient (Wildman–Crippen LogP) is 1.72. The molecule has 0 saturated carbocycles. The molecule has 0 amide bonds. The van der Waals surface area contributed by atoms with Crippen LogP contribution in [0.15, 0.2) is 36.5 Å². The second-order valence-electron chi connectivity index (χ2n) is 3.28. The van der Waals surface area contributed by atoms with E-state index in [4.69, 9.17) is 4.74 Å². The Morgan fingerprint density at radius 1 is 1.29 bits per heavy atom. The Labute approximate surface area is 98.5 Å². The largest absolute Gasteiger partial charge is 0.461 e. The molecule has 0 N–H and O–H groups in total. The summed E-state index contributed by atoms with van der Waals surface area (Å²) >= 11 is 0. The van der Waals surface area contributed by atoms with Crippen molar-refractivity contribution in [3.8, 4) is 11.1 Å². The lowest BCUT2D eigenvalue weighted by Crippen LogP contribution is -2.10. The van der Waals surface area contributed by atoms with E-state index in [2.05, 4.69) is 15.4 Å². The van der Waals surface area contributed by atoms with Crippen LogP contribution < -0.4 is 0 Å². The minimum atomic E-state index is -0.485. The van der Waals surface area contributed by atoms with Crippen LogP contribution in [0.5, 0.6) is 0 Å². The first kappa shape index (κ1) is 11.2. The molecule has 0 radical (unpaired) electrons. The normalized spacial score (nSPS) is 9.94. The second-order valence-corrected chi connectivity index (χ2v) is 3.28. The number of carbonyl (C=O) groups excluding carboxylic acids is 1. The Bertz CT molecular complexity index is 514. The minimum Gasteiger partial charge on any atom is -0.461 e. The van der Waals surface area contributed by atoms with Gasteiger partial charge in [0.05, 0.1) is 12.8 Å². The van der Waals surface area contributed by atoms with E-state index in [1.54, 1.807) is 6.92 Å². The van der Waals surface area contributed by atoms with Gasteiger partial charge in [0.2, 0.25) is 0 Å². The SMILES string of the molecule is CCOC(=O)c1nnncc1-c1ccccc1. The average Bonchev–Trinajstić information content (AvgIpc) is 2.40. The first-order valence-electron chi connectivity index (χ1n) is 5.24. The summed E-state index contributed by atoms with van der Waals surface area (Å²) in [6.07, 6.45) is 1.51. The highest BCUT2D eigenvalue weighted by Gasteiger charge is 2.16. The highest BCUT2D eigenvalue weighted by molar-refractivity contribution is 5.94. The first-order valence-corrected chi connectivity index (χ1v) is 5.24. The van der Waals surface area contributed by atoms with Crippen LogP contribution in [0.3, 0.4) is 0 Å². The highest BCUT2D eigenvalue weighted by atomic mass is 16.5. The van der Waals surface area contributed by atoms with Crippen molar-refractivity contribution in [2.45, 2.75) is 6.92 Å². The van der Waals surface area contributed by atoms with E-state index in [9.17, 15) is 4.79 Å². The van der Waals surface area contributed by atoms with Gasteiger partial charge in [-0.1, -0.05) is 30.3 Å². The molecule has 0 unspecified atom stereocenters. The molecular weight excluding hydrogens is 218 g/mol. The fourth-order valence-electron chi connectivity index (χ4n) is 1.45. The van der Waals surface area contributed by atoms with Crippen LogP contribution in [0.4, 0.5) is 0 Å². The van der Waals surface area contributed by atoms with Crippen LogP contribution in [0.2, 0.25) is 0 Å². The van der Waals surface area contributed by atoms with Gasteiger partial charge in [0.1, 0.15) is 0 Å². The number of rotatable bonds is 3. The van der Waals surface area contributed by atoms with Crippen molar-refractivity contribution in [1.29, 1.82) is 0 Å². The standard InChI is InChI=1S/C12H11N3O2/c1-2-17-12(16)11-10(8-13-15-14-11)9-6-4-3-5-7-9/h3-8H,2H2,1H3. The lowest BCUT2D eigenvalue weighted by atomic mass is 10.1. The Balaban J connectivity index is 2.45. The maximum atomic E-state index is 11.7. The van der Waals surface area contributed by atoms with E-state index in [1.807, 2.05) is 30.3 Å². The van der Waals surface area contributed by atoms with Crippen LogP contribution >= 0.6 is 0 Å². The summed E-state index contributed by atoms with van der Waals surface area (Å²) in [6, 6.07) is 9.41. The summed E-state index contributed by atoms with van der Waals surface area (Å²) in [5.74, 6) is -0.485. The maximum Gasteiger partial charge on any atom is 0.359 e. The zero-order valence-corrected chi connectivity index (χ0v) is 9.33. The van der Waals surface area contributed by atoms with Gasteiger partial charge in [-0.15, -0.1) is 10.2 Å². The Morgan fingerprint density at radius 2 is 2.06 bits per heavy atom. The number of aromatic nitrogens is 3. The van der Waals surface area contributed by atoms with Gasteiger partial charge in [0, 0.05) is 5.56 Å². The summed E-state index contributed by atoms with van der Waals surface area (Å²) < 4.78 is 4.92. The summed E-state index contributed by atoms with van der Waals surface area (Å²) in [7, 11) is 0. The third kappa shape index (κ3) is 2.44. The van der Waals surface area contributed by atoms with Crippen LogP contribution in [0, 0.1) is 0 Å². The van der Waals surface area contributed by atoms with Crippen molar-refractivity contribution in [3.63, 3.8) is 0 Å². The molecule has 2 aromatic rings. The number of hydrogen-bond donors (Lipinski definition) is 0. The van der Waals surface area contributed by atoms with Crippen LogP contribution in [-0.2, 0) is 4.74 Å². The molecule has 0 aliphatic carbocycles. The molecule has 1 aromatic heterocycles. The number of hydrogen-bond acceptors (Lipinski definition) is 5. The van der Waals surface area contributed by atoms with E-state index >= 15 is 0 Å². The Hall–Kier alpha value is -2.30. The van der Waals surface area contributed by atoms with E-state index in [1.165, 1.54) is 6.20 Å². The van der Waals surface area contributed by atoms with Gasteiger partial charge in [-0.3, -0.25) is 0 Å². The van der Waals surface area contributed by atoms with Crippen molar-refractivity contribution >= 4 is 5.97 Å². The van der Waals surface area contributed by atoms with Crippen molar-refractivity contribution in [2.75, 3.05) is 6.61 Å². The molecule has 1 aromatic carbocycles. The number of ether oxygens (including phenoxy) is 1. The van der Waals surface area contributed by atoms with Gasteiger partial charge >= 0.3 is 5.97 Å². The Kier molecular flexibility index (Phi) is 3.40. The monoisotopic (exact) mass is 229 g/mol. The molecule has 1 heterocycles. The molecule has 0 atom stereocenters. The molecule has 5 nitrogen and oxygen atoms in total. The minimum absolute atomic E-state index is 0.188. The van der Waals surface area contributed by atoms with Crippen LogP contribution in [0.25, 0.3) is 11.1 Å². The van der Waals surface area contributed by atoms with E-state index in [-0.39, 0.29) is 5.69 Å². The molecule has 0 spiro atoms. The fraction of sp³-hybridized carbons (Fsp3) is 0.167. The lowest BCUT2D eigenvalue weighted by molar-refractivity contribution is 0.0518. The molecule has 2 rings (SSSR count). The van der Waals surface area contributed by atoms with E-state index < -0.39 is 5.97 Å². The van der Waals surface area contributed by atoms with Gasteiger partial charge in [0.15, 0.2) is 5.69 Å². The second kappa shape index (κ2) is 5.16. The fourth-order valence-corrected chi connectivity index (χ4v) is 1.45. The first-order chi connectivity index (χ1) is 8.33. The molecule has 17 heavy (non-hydrogen) atoms. The molecular formula is C12H11N3O2. The predicted molar refractivity (Wildman–Crippen MR) is 61.2 cm³/mol. The molecule has 0 fully saturated rings. The lowest BCUT2D eigenvalue weighted by Gasteiger charge is -2.05. The number of nitrogens with zero attached hydrogens (tertiary/aromatic N) is 3. The molecule has 5 heteroatoms. The number of benzene rings is 1. The molecule has 0 bridgehead atoms. The van der Waals surface area contributed by atoms with Crippen LogP contribution in [-0.4, -0.2) is 28.0 Å². The van der Waals surface area contributed by atoms with Crippen molar-refractivity contribution in [3.05, 3.63) is 42.2 Å². The smallest absolute Gasteiger partial charge is 0.359 e. The van der Waals surface area contributed by atoms with Gasteiger partial charge in [-0.25, -0.2) is 4.79 Å². The van der Waals surface area contributed by atoms with Gasteiger partial charge in [-0.2, -0.15) is 0 Å². The third-order valence-electron chi connectivity index (χ3n) is 2.19. The topological polar surface area (TPSA) is 65.0 Å². The number of esters is 1. The summed E-state index contributed by atoms with van der Waals surface area (Å²) in [6.45, 7) is 2.05. The summed E-state index contributed by atoms with van der Waals surface area (Å²) in [5.41, 5.74) is 1.67.